The van der Waals surface area contributed by atoms with Gasteiger partial charge >= 0.3 is 5.97 Å². The van der Waals surface area contributed by atoms with E-state index >= 15 is 0 Å². The molecule has 94 valence electrons. The second-order valence-electron chi connectivity index (χ2n) is 3.75. The van der Waals surface area contributed by atoms with Gasteiger partial charge in [-0.05, 0) is 37.3 Å². The van der Waals surface area contributed by atoms with Gasteiger partial charge in [0.05, 0.1) is 11.3 Å². The van der Waals surface area contributed by atoms with Crippen LogP contribution in [0.3, 0.4) is 0 Å². The van der Waals surface area contributed by atoms with Crippen LogP contribution in [0.1, 0.15) is 21.9 Å². The van der Waals surface area contributed by atoms with Crippen molar-refractivity contribution in [2.75, 3.05) is 0 Å². The van der Waals surface area contributed by atoms with Crippen LogP contribution in [0, 0.1) is 12.7 Å². The van der Waals surface area contributed by atoms with Gasteiger partial charge < -0.3 is 9.52 Å². The fourth-order valence-electron chi connectivity index (χ4n) is 1.48. The normalized spacial score (nSPS) is 10.6. The third-order valence-corrected chi connectivity index (χ3v) is 3.36. The van der Waals surface area contributed by atoms with Crippen LogP contribution in [-0.4, -0.2) is 11.1 Å². The van der Waals surface area contributed by atoms with E-state index in [2.05, 4.69) is 0 Å². The highest BCUT2D eigenvalue weighted by molar-refractivity contribution is 7.98. The first kappa shape index (κ1) is 12.7. The van der Waals surface area contributed by atoms with Crippen LogP contribution in [0.2, 0.25) is 0 Å². The Balaban J connectivity index is 2.10. The van der Waals surface area contributed by atoms with Crippen molar-refractivity contribution in [2.24, 2.45) is 0 Å². The summed E-state index contributed by atoms with van der Waals surface area (Å²) in [7, 11) is 0. The van der Waals surface area contributed by atoms with Gasteiger partial charge in [-0.25, -0.2) is 9.18 Å². The lowest BCUT2D eigenvalue weighted by Crippen LogP contribution is -2.00. The van der Waals surface area contributed by atoms with Crippen LogP contribution in [0.5, 0.6) is 0 Å². The Labute approximate surface area is 108 Å². The smallest absolute Gasteiger partial charge is 0.338 e. The summed E-state index contributed by atoms with van der Waals surface area (Å²) in [4.78, 5) is 11.5. The van der Waals surface area contributed by atoms with Gasteiger partial charge in [-0.1, -0.05) is 0 Å². The van der Waals surface area contributed by atoms with Gasteiger partial charge in [-0.15, -0.1) is 11.8 Å². The number of aryl methyl sites for hydroxylation is 1. The van der Waals surface area contributed by atoms with Crippen molar-refractivity contribution < 1.29 is 18.7 Å². The SMILES string of the molecule is Cc1ccc(CSc2ccc(F)c(C(=O)O)c2)o1. The zero-order valence-corrected chi connectivity index (χ0v) is 10.5. The number of carboxylic acids is 1. The van der Waals surface area contributed by atoms with Crippen LogP contribution in [0.4, 0.5) is 4.39 Å². The molecule has 0 amide bonds. The number of carbonyl (C=O) groups is 1. The molecule has 0 aliphatic carbocycles. The highest BCUT2D eigenvalue weighted by atomic mass is 32.2. The first-order chi connectivity index (χ1) is 8.56. The van der Waals surface area contributed by atoms with Crippen LogP contribution in [0.25, 0.3) is 0 Å². The molecule has 2 aromatic rings. The molecule has 0 unspecified atom stereocenters. The zero-order chi connectivity index (χ0) is 13.1. The Morgan fingerprint density at radius 1 is 1.39 bits per heavy atom. The number of halogens is 1. The van der Waals surface area contributed by atoms with E-state index in [0.29, 0.717) is 10.6 Å². The third-order valence-electron chi connectivity index (χ3n) is 2.35. The molecule has 2 rings (SSSR count). The van der Waals surface area contributed by atoms with E-state index in [-0.39, 0.29) is 5.56 Å². The molecule has 18 heavy (non-hydrogen) atoms. The summed E-state index contributed by atoms with van der Waals surface area (Å²) in [6.45, 7) is 1.86. The van der Waals surface area contributed by atoms with E-state index in [0.717, 1.165) is 11.5 Å². The summed E-state index contributed by atoms with van der Waals surface area (Å²) in [6, 6.07) is 7.78. The Kier molecular flexibility index (Phi) is 3.72. The van der Waals surface area contributed by atoms with Crippen molar-refractivity contribution >= 4 is 17.7 Å². The van der Waals surface area contributed by atoms with Gasteiger partial charge in [-0.3, -0.25) is 0 Å². The Morgan fingerprint density at radius 2 is 2.17 bits per heavy atom. The first-order valence-corrected chi connectivity index (χ1v) is 6.26. The molecular formula is C13H11FO3S. The van der Waals surface area contributed by atoms with E-state index in [1.807, 2.05) is 19.1 Å². The summed E-state index contributed by atoms with van der Waals surface area (Å²) >= 11 is 1.40. The van der Waals surface area contributed by atoms with Crippen LogP contribution < -0.4 is 0 Å². The van der Waals surface area contributed by atoms with Crippen LogP contribution in [-0.2, 0) is 5.75 Å². The molecule has 0 atom stereocenters. The summed E-state index contributed by atoms with van der Waals surface area (Å²) < 4.78 is 18.6. The van der Waals surface area contributed by atoms with Crippen molar-refractivity contribution in [3.63, 3.8) is 0 Å². The Hall–Kier alpha value is -1.75. The summed E-state index contributed by atoms with van der Waals surface area (Å²) in [5, 5.41) is 8.81. The van der Waals surface area contributed by atoms with Gasteiger partial charge in [0, 0.05) is 4.90 Å². The fraction of sp³-hybridized carbons (Fsp3) is 0.154. The van der Waals surface area contributed by atoms with Crippen molar-refractivity contribution in [3.8, 4) is 0 Å². The Morgan fingerprint density at radius 3 is 2.78 bits per heavy atom. The van der Waals surface area contributed by atoms with E-state index in [1.165, 1.54) is 23.9 Å². The summed E-state index contributed by atoms with van der Waals surface area (Å²) in [5.41, 5.74) is -0.310. The molecule has 0 bridgehead atoms. The molecule has 5 heteroatoms. The number of thioether (sulfide) groups is 1. The number of benzene rings is 1. The lowest BCUT2D eigenvalue weighted by Gasteiger charge is -2.02. The average molecular weight is 266 g/mol. The predicted molar refractivity (Wildman–Crippen MR) is 66.4 cm³/mol. The minimum Gasteiger partial charge on any atom is -0.478 e. The maximum Gasteiger partial charge on any atom is 0.338 e. The van der Waals surface area contributed by atoms with Gasteiger partial charge in [-0.2, -0.15) is 0 Å². The van der Waals surface area contributed by atoms with Gasteiger partial charge in [0.2, 0.25) is 0 Å². The number of hydrogen-bond acceptors (Lipinski definition) is 3. The molecule has 0 saturated carbocycles. The van der Waals surface area contributed by atoms with Gasteiger partial charge in [0.15, 0.2) is 0 Å². The van der Waals surface area contributed by atoms with E-state index < -0.39 is 11.8 Å². The molecule has 1 N–H and O–H groups in total. The molecule has 0 fully saturated rings. The van der Waals surface area contributed by atoms with Crippen molar-refractivity contribution in [2.45, 2.75) is 17.6 Å². The monoisotopic (exact) mass is 266 g/mol. The lowest BCUT2D eigenvalue weighted by molar-refractivity contribution is 0.0691. The largest absolute Gasteiger partial charge is 0.478 e. The molecule has 3 nitrogen and oxygen atoms in total. The molecule has 1 heterocycles. The van der Waals surface area contributed by atoms with Gasteiger partial charge in [0.25, 0.3) is 0 Å². The second kappa shape index (κ2) is 5.27. The summed E-state index contributed by atoms with van der Waals surface area (Å²) in [6.07, 6.45) is 0. The number of hydrogen-bond donors (Lipinski definition) is 1. The second-order valence-corrected chi connectivity index (χ2v) is 4.80. The maximum atomic E-state index is 13.2. The fourth-order valence-corrected chi connectivity index (χ4v) is 2.30. The maximum absolute atomic E-state index is 13.2. The van der Waals surface area contributed by atoms with Gasteiger partial charge in [0.1, 0.15) is 17.3 Å². The van der Waals surface area contributed by atoms with E-state index in [9.17, 15) is 9.18 Å². The molecule has 0 aliphatic rings. The number of aromatic carboxylic acids is 1. The number of furan rings is 1. The molecule has 0 aliphatic heterocycles. The van der Waals surface area contributed by atoms with Crippen LogP contribution >= 0.6 is 11.8 Å². The molecule has 1 aromatic heterocycles. The number of rotatable bonds is 4. The first-order valence-electron chi connectivity index (χ1n) is 5.27. The van der Waals surface area contributed by atoms with Crippen molar-refractivity contribution in [1.29, 1.82) is 0 Å². The zero-order valence-electron chi connectivity index (χ0n) is 9.64. The van der Waals surface area contributed by atoms with E-state index in [1.54, 1.807) is 6.07 Å². The number of carboxylic acid groups (broad SMARTS) is 1. The molecule has 1 aromatic carbocycles. The standard InChI is InChI=1S/C13H11FO3S/c1-8-2-3-9(17-8)7-18-10-4-5-12(14)11(6-10)13(15)16/h2-6H,7H2,1H3,(H,15,16). The average Bonchev–Trinajstić information content (AvgIpc) is 2.74. The Bertz CT molecular complexity index is 577. The predicted octanol–water partition coefficient (Wildman–Crippen LogP) is 3.72. The minimum absolute atomic E-state index is 0.310. The summed E-state index contributed by atoms with van der Waals surface area (Å²) in [5.74, 6) is 0.234. The highest BCUT2D eigenvalue weighted by Crippen LogP contribution is 2.25. The third kappa shape index (κ3) is 2.92. The molecular weight excluding hydrogens is 255 g/mol. The molecule has 0 radical (unpaired) electrons. The van der Waals surface area contributed by atoms with Crippen molar-refractivity contribution in [1.82, 2.24) is 0 Å². The topological polar surface area (TPSA) is 50.4 Å². The quantitative estimate of drug-likeness (QED) is 0.857. The minimum atomic E-state index is -1.26. The lowest BCUT2D eigenvalue weighted by atomic mass is 10.2. The molecule has 0 spiro atoms. The van der Waals surface area contributed by atoms with E-state index in [4.69, 9.17) is 9.52 Å². The highest BCUT2D eigenvalue weighted by Gasteiger charge is 2.11. The molecule has 0 saturated heterocycles. The van der Waals surface area contributed by atoms with Crippen LogP contribution in [0.15, 0.2) is 39.6 Å². The van der Waals surface area contributed by atoms with Crippen molar-refractivity contribution in [3.05, 3.63) is 53.2 Å².